The second-order valence-corrected chi connectivity index (χ2v) is 7.29. The molecule has 1 aromatic carbocycles. The highest BCUT2D eigenvalue weighted by Crippen LogP contribution is 2.43. The molecule has 0 spiro atoms. The maximum absolute atomic E-state index is 12.4. The van der Waals surface area contributed by atoms with Crippen LogP contribution in [0.25, 0.3) is 0 Å². The van der Waals surface area contributed by atoms with Crippen LogP contribution in [0.1, 0.15) is 31.7 Å². The molecular weight excluding hydrogens is 344 g/mol. The molecule has 0 radical (unpaired) electrons. The van der Waals surface area contributed by atoms with Gasteiger partial charge < -0.3 is 15.4 Å². The molecule has 4 nitrogen and oxygen atoms in total. The van der Waals surface area contributed by atoms with Gasteiger partial charge in [0.1, 0.15) is 6.04 Å². The van der Waals surface area contributed by atoms with E-state index in [1.807, 2.05) is 13.0 Å². The third-order valence-corrected chi connectivity index (χ3v) is 5.44. The van der Waals surface area contributed by atoms with Crippen LogP contribution in [0.3, 0.4) is 0 Å². The summed E-state index contributed by atoms with van der Waals surface area (Å²) in [4.78, 5) is 12.4. The van der Waals surface area contributed by atoms with Gasteiger partial charge in [-0.25, -0.2) is 0 Å². The summed E-state index contributed by atoms with van der Waals surface area (Å²) in [5, 5.41) is 6.39. The van der Waals surface area contributed by atoms with E-state index >= 15 is 0 Å². The standard InChI is InChI=1S/C17H23BrN2O2/c1-12-15(19-8-9-22-12)16(21)20-11-17(6-3-7-17)13-4-2-5-14(18)10-13/h2,4-5,10,12,15,19H,3,6-9,11H2,1H3,(H,20,21)/t12-,15+/m1/s1. The number of benzene rings is 1. The van der Waals surface area contributed by atoms with Gasteiger partial charge in [0.15, 0.2) is 0 Å². The van der Waals surface area contributed by atoms with Crippen molar-refractivity contribution < 1.29 is 9.53 Å². The van der Waals surface area contributed by atoms with Crippen LogP contribution in [0.15, 0.2) is 28.7 Å². The van der Waals surface area contributed by atoms with Gasteiger partial charge in [-0.3, -0.25) is 4.79 Å². The first kappa shape index (κ1) is 16.0. The lowest BCUT2D eigenvalue weighted by Crippen LogP contribution is -2.57. The third-order valence-electron chi connectivity index (χ3n) is 4.95. The first-order valence-corrected chi connectivity index (χ1v) is 8.79. The van der Waals surface area contributed by atoms with E-state index in [1.54, 1.807) is 0 Å². The summed E-state index contributed by atoms with van der Waals surface area (Å²) in [6.07, 6.45) is 3.42. The topological polar surface area (TPSA) is 50.4 Å². The van der Waals surface area contributed by atoms with Gasteiger partial charge >= 0.3 is 0 Å². The first-order valence-electron chi connectivity index (χ1n) is 7.99. The van der Waals surface area contributed by atoms with Crippen LogP contribution in [-0.4, -0.2) is 37.7 Å². The highest BCUT2D eigenvalue weighted by atomic mass is 79.9. The number of halogens is 1. The van der Waals surface area contributed by atoms with E-state index in [1.165, 1.54) is 12.0 Å². The van der Waals surface area contributed by atoms with Crippen LogP contribution in [0, 0.1) is 0 Å². The van der Waals surface area contributed by atoms with Gasteiger partial charge in [-0.1, -0.05) is 34.5 Å². The average Bonchev–Trinajstić information content (AvgIpc) is 2.46. The Bertz CT molecular complexity index is 545. The van der Waals surface area contributed by atoms with Crippen molar-refractivity contribution in [1.29, 1.82) is 0 Å². The number of morpholine rings is 1. The molecule has 1 amide bonds. The van der Waals surface area contributed by atoms with Crippen LogP contribution in [0.2, 0.25) is 0 Å². The van der Waals surface area contributed by atoms with Gasteiger partial charge in [-0.05, 0) is 37.5 Å². The lowest BCUT2D eigenvalue weighted by atomic mass is 9.64. The molecular formula is C17H23BrN2O2. The van der Waals surface area contributed by atoms with Crippen molar-refractivity contribution in [3.8, 4) is 0 Å². The minimum atomic E-state index is -0.242. The summed E-state index contributed by atoms with van der Waals surface area (Å²) in [5.41, 5.74) is 1.41. The largest absolute Gasteiger partial charge is 0.375 e. The molecule has 0 aromatic heterocycles. The van der Waals surface area contributed by atoms with Crippen molar-refractivity contribution in [3.63, 3.8) is 0 Å². The predicted molar refractivity (Wildman–Crippen MR) is 89.9 cm³/mol. The van der Waals surface area contributed by atoms with Gasteiger partial charge in [0, 0.05) is 23.0 Å². The van der Waals surface area contributed by atoms with E-state index in [9.17, 15) is 4.79 Å². The highest BCUT2D eigenvalue weighted by molar-refractivity contribution is 9.10. The van der Waals surface area contributed by atoms with Gasteiger partial charge in [0.25, 0.3) is 0 Å². The van der Waals surface area contributed by atoms with Crippen LogP contribution in [0.4, 0.5) is 0 Å². The summed E-state index contributed by atoms with van der Waals surface area (Å²) in [7, 11) is 0. The van der Waals surface area contributed by atoms with Gasteiger partial charge in [0.05, 0.1) is 12.7 Å². The predicted octanol–water partition coefficient (Wildman–Crippen LogP) is 2.36. The number of hydrogen-bond donors (Lipinski definition) is 2. The highest BCUT2D eigenvalue weighted by Gasteiger charge is 2.40. The number of hydrogen-bond acceptors (Lipinski definition) is 3. The Morgan fingerprint density at radius 1 is 1.50 bits per heavy atom. The third kappa shape index (κ3) is 3.21. The van der Waals surface area contributed by atoms with E-state index in [2.05, 4.69) is 44.8 Å². The van der Waals surface area contributed by atoms with Crippen molar-refractivity contribution in [2.45, 2.75) is 43.7 Å². The van der Waals surface area contributed by atoms with Crippen LogP contribution < -0.4 is 10.6 Å². The molecule has 2 N–H and O–H groups in total. The zero-order valence-corrected chi connectivity index (χ0v) is 14.5. The second kappa shape index (κ2) is 6.69. The Morgan fingerprint density at radius 3 is 2.95 bits per heavy atom. The molecule has 1 aliphatic heterocycles. The fraction of sp³-hybridized carbons (Fsp3) is 0.588. The normalized spacial score (nSPS) is 27.0. The second-order valence-electron chi connectivity index (χ2n) is 6.37. The van der Waals surface area contributed by atoms with E-state index in [-0.39, 0.29) is 23.5 Å². The van der Waals surface area contributed by atoms with Crippen molar-refractivity contribution in [2.24, 2.45) is 0 Å². The number of ether oxygens (including phenoxy) is 1. The smallest absolute Gasteiger partial charge is 0.239 e. The molecule has 1 heterocycles. The van der Waals surface area contributed by atoms with E-state index in [4.69, 9.17) is 4.74 Å². The molecule has 2 aliphatic rings. The quantitative estimate of drug-likeness (QED) is 0.859. The maximum atomic E-state index is 12.4. The Labute approximate surface area is 140 Å². The Kier molecular flexibility index (Phi) is 4.85. The van der Waals surface area contributed by atoms with Crippen molar-refractivity contribution in [2.75, 3.05) is 19.7 Å². The van der Waals surface area contributed by atoms with Crippen LogP contribution in [-0.2, 0) is 14.9 Å². The summed E-state index contributed by atoms with van der Waals surface area (Å²) in [6.45, 7) is 4.06. The monoisotopic (exact) mass is 366 g/mol. The molecule has 0 unspecified atom stereocenters. The molecule has 2 fully saturated rings. The molecule has 22 heavy (non-hydrogen) atoms. The van der Waals surface area contributed by atoms with Crippen molar-refractivity contribution >= 4 is 21.8 Å². The van der Waals surface area contributed by atoms with Gasteiger partial charge in [-0.15, -0.1) is 0 Å². The average molecular weight is 367 g/mol. The van der Waals surface area contributed by atoms with Gasteiger partial charge in [0.2, 0.25) is 5.91 Å². The summed E-state index contributed by atoms with van der Waals surface area (Å²) in [6, 6.07) is 8.21. The first-order chi connectivity index (χ1) is 10.6. The number of carbonyl (C=O) groups excluding carboxylic acids is 1. The zero-order chi connectivity index (χ0) is 15.6. The lowest BCUT2D eigenvalue weighted by Gasteiger charge is -2.43. The van der Waals surface area contributed by atoms with E-state index in [0.717, 1.165) is 23.9 Å². The zero-order valence-electron chi connectivity index (χ0n) is 12.9. The minimum absolute atomic E-state index is 0.0495. The molecule has 1 aromatic rings. The Morgan fingerprint density at radius 2 is 2.32 bits per heavy atom. The van der Waals surface area contributed by atoms with Crippen molar-refractivity contribution in [1.82, 2.24) is 10.6 Å². The molecule has 1 saturated carbocycles. The summed E-state index contributed by atoms with van der Waals surface area (Å²) in [5.74, 6) is 0.0495. The number of amides is 1. The molecule has 2 atom stereocenters. The molecule has 5 heteroatoms. The Balaban J connectivity index is 1.65. The molecule has 3 rings (SSSR count). The fourth-order valence-electron chi connectivity index (χ4n) is 3.38. The van der Waals surface area contributed by atoms with Crippen molar-refractivity contribution in [3.05, 3.63) is 34.3 Å². The molecule has 0 bridgehead atoms. The van der Waals surface area contributed by atoms with Crippen LogP contribution in [0.5, 0.6) is 0 Å². The van der Waals surface area contributed by atoms with E-state index in [0.29, 0.717) is 13.2 Å². The molecule has 1 saturated heterocycles. The minimum Gasteiger partial charge on any atom is -0.375 e. The summed E-state index contributed by atoms with van der Waals surface area (Å²) >= 11 is 3.54. The van der Waals surface area contributed by atoms with E-state index < -0.39 is 0 Å². The van der Waals surface area contributed by atoms with Gasteiger partial charge in [-0.2, -0.15) is 0 Å². The molecule has 120 valence electrons. The fourth-order valence-corrected chi connectivity index (χ4v) is 3.78. The summed E-state index contributed by atoms with van der Waals surface area (Å²) < 4.78 is 6.65. The Hall–Kier alpha value is -0.910. The lowest BCUT2D eigenvalue weighted by molar-refractivity contribution is -0.129. The SMILES string of the molecule is C[C@H]1OCCN[C@@H]1C(=O)NCC1(c2cccc(Br)c2)CCC1. The molecule has 1 aliphatic carbocycles. The maximum Gasteiger partial charge on any atom is 0.239 e. The number of nitrogens with one attached hydrogen (secondary N) is 2. The number of rotatable bonds is 4. The van der Waals surface area contributed by atoms with Crippen LogP contribution >= 0.6 is 15.9 Å². The number of carbonyl (C=O) groups is 1.